The molecule has 2 heterocycles. The van der Waals surface area contributed by atoms with Crippen molar-refractivity contribution in [2.45, 2.75) is 43.4 Å². The molecule has 0 radical (unpaired) electrons. The summed E-state index contributed by atoms with van der Waals surface area (Å²) >= 11 is 0. The number of amides is 1. The van der Waals surface area contributed by atoms with Crippen LogP contribution in [0.4, 0.5) is 5.69 Å². The maximum atomic E-state index is 12.8. The molecule has 3 unspecified atom stereocenters. The van der Waals surface area contributed by atoms with Crippen molar-refractivity contribution in [3.63, 3.8) is 0 Å². The van der Waals surface area contributed by atoms with Crippen LogP contribution in [0.1, 0.15) is 26.7 Å². The van der Waals surface area contributed by atoms with Gasteiger partial charge in [0.2, 0.25) is 5.91 Å². The molecule has 0 aromatic carbocycles. The van der Waals surface area contributed by atoms with Crippen LogP contribution < -0.4 is 11.1 Å². The summed E-state index contributed by atoms with van der Waals surface area (Å²) in [6.07, 6.45) is 4.17. The van der Waals surface area contributed by atoms with Gasteiger partial charge in [0.25, 0.3) is 0 Å². The molecule has 1 aromatic heterocycles. The van der Waals surface area contributed by atoms with Crippen LogP contribution in [-0.2, 0) is 19.4 Å². The number of hydrogen-bond donors (Lipinski definition) is 2. The molecule has 26 heavy (non-hydrogen) atoms. The van der Waals surface area contributed by atoms with Crippen molar-refractivity contribution in [3.8, 4) is 0 Å². The highest BCUT2D eigenvalue weighted by Gasteiger charge is 2.70. The van der Waals surface area contributed by atoms with E-state index < -0.39 is 20.8 Å². The molecule has 3 atom stereocenters. The van der Waals surface area contributed by atoms with Gasteiger partial charge in [0.1, 0.15) is 5.54 Å². The van der Waals surface area contributed by atoms with Gasteiger partial charge in [-0.3, -0.25) is 4.79 Å². The fourth-order valence-corrected chi connectivity index (χ4v) is 4.50. The molecule has 1 aliphatic carbocycles. The molecule has 2 aliphatic rings. The van der Waals surface area contributed by atoms with Gasteiger partial charge in [-0.2, -0.15) is 0 Å². The van der Waals surface area contributed by atoms with Gasteiger partial charge in [-0.05, 0) is 25.0 Å². The molecule has 10 heteroatoms. The van der Waals surface area contributed by atoms with Gasteiger partial charge in [-0.15, -0.1) is 24.8 Å². The molecule has 1 aliphatic heterocycles. The number of rotatable bonds is 3. The number of carbonyl (C=O) groups is 1. The van der Waals surface area contributed by atoms with E-state index in [9.17, 15) is 13.2 Å². The lowest BCUT2D eigenvalue weighted by Gasteiger charge is -2.65. The summed E-state index contributed by atoms with van der Waals surface area (Å²) in [6.45, 7) is 4.60. The summed E-state index contributed by atoms with van der Waals surface area (Å²) in [7, 11) is -3.37. The van der Waals surface area contributed by atoms with Gasteiger partial charge < -0.3 is 15.8 Å². The average Bonchev–Trinajstić information content (AvgIpc) is 2.53. The van der Waals surface area contributed by atoms with Crippen molar-refractivity contribution in [3.05, 3.63) is 18.3 Å². The number of hydrogen-bond acceptors (Lipinski definition) is 6. The number of ether oxygens (including phenoxy) is 1. The van der Waals surface area contributed by atoms with Gasteiger partial charge >= 0.3 is 0 Å². The quantitative estimate of drug-likeness (QED) is 0.763. The molecular weight excluding hydrogens is 401 g/mol. The van der Waals surface area contributed by atoms with E-state index in [1.54, 1.807) is 0 Å². The first kappa shape index (κ1) is 23.1. The first-order valence-corrected chi connectivity index (χ1v) is 9.85. The summed E-state index contributed by atoms with van der Waals surface area (Å²) in [5.74, 6) is -0.294. The molecule has 148 valence electrons. The highest BCUT2D eigenvalue weighted by atomic mass is 35.5. The number of nitrogens with zero attached hydrogens (tertiary/aromatic N) is 1. The Hall–Kier alpha value is -0.930. The number of carbonyl (C=O) groups excluding carboxylic acids is 1. The van der Waals surface area contributed by atoms with E-state index in [2.05, 4.69) is 10.3 Å². The van der Waals surface area contributed by atoms with E-state index in [0.717, 1.165) is 19.1 Å². The van der Waals surface area contributed by atoms with E-state index in [1.807, 2.05) is 13.8 Å². The minimum absolute atomic E-state index is 0. The number of halogens is 2. The Labute approximate surface area is 166 Å². The monoisotopic (exact) mass is 425 g/mol. The molecule has 0 bridgehead atoms. The fraction of sp³-hybridized carbons (Fsp3) is 0.625. The molecule has 1 amide bonds. The number of sulfone groups is 1. The van der Waals surface area contributed by atoms with Crippen LogP contribution in [0.2, 0.25) is 0 Å². The van der Waals surface area contributed by atoms with Crippen LogP contribution in [-0.4, -0.2) is 43.8 Å². The van der Waals surface area contributed by atoms with E-state index in [1.165, 1.54) is 18.3 Å². The number of nitrogens with one attached hydrogen (secondary N) is 1. The molecule has 1 saturated heterocycles. The minimum atomic E-state index is -3.37. The summed E-state index contributed by atoms with van der Waals surface area (Å²) in [5, 5.41) is 2.74. The molecular formula is C16H25Cl2N3O4S. The predicted molar refractivity (Wildman–Crippen MR) is 104 cm³/mol. The van der Waals surface area contributed by atoms with Gasteiger partial charge in [-0.1, -0.05) is 13.8 Å². The molecule has 2 fully saturated rings. The Balaban J connectivity index is 0.00000169. The van der Waals surface area contributed by atoms with Crippen LogP contribution in [0.25, 0.3) is 0 Å². The third-order valence-electron chi connectivity index (χ3n) is 5.43. The number of aromatic nitrogens is 1. The van der Waals surface area contributed by atoms with Crippen molar-refractivity contribution in [1.82, 2.24) is 4.98 Å². The van der Waals surface area contributed by atoms with Crippen LogP contribution in [0.3, 0.4) is 0 Å². The zero-order valence-electron chi connectivity index (χ0n) is 14.9. The largest absolute Gasteiger partial charge is 0.377 e. The summed E-state index contributed by atoms with van der Waals surface area (Å²) in [6, 6.07) is 2.89. The lowest BCUT2D eigenvalue weighted by atomic mass is 9.46. The number of anilines is 1. The number of nitrogens with two attached hydrogens (primary N) is 1. The highest BCUT2D eigenvalue weighted by Crippen LogP contribution is 2.57. The van der Waals surface area contributed by atoms with Crippen molar-refractivity contribution in [2.24, 2.45) is 17.1 Å². The van der Waals surface area contributed by atoms with Gasteiger partial charge in [-0.25, -0.2) is 13.4 Å². The molecule has 7 nitrogen and oxygen atoms in total. The van der Waals surface area contributed by atoms with Crippen molar-refractivity contribution in [1.29, 1.82) is 0 Å². The fourth-order valence-electron chi connectivity index (χ4n) is 3.94. The summed E-state index contributed by atoms with van der Waals surface area (Å²) in [5.41, 5.74) is 5.45. The second kappa shape index (κ2) is 7.59. The summed E-state index contributed by atoms with van der Waals surface area (Å²) in [4.78, 5) is 16.7. The Morgan fingerprint density at radius 3 is 2.54 bits per heavy atom. The van der Waals surface area contributed by atoms with Gasteiger partial charge in [0.05, 0.1) is 18.0 Å². The normalized spacial score (nSPS) is 29.2. The second-order valence-corrected chi connectivity index (χ2v) is 9.20. The van der Waals surface area contributed by atoms with Crippen LogP contribution in [0, 0.1) is 11.3 Å². The molecule has 3 N–H and O–H groups in total. The van der Waals surface area contributed by atoms with E-state index >= 15 is 0 Å². The number of fused-ring (bicyclic) bond motifs is 1. The zero-order chi connectivity index (χ0) is 17.8. The third-order valence-corrected chi connectivity index (χ3v) is 6.44. The lowest BCUT2D eigenvalue weighted by molar-refractivity contribution is -0.222. The molecule has 1 saturated carbocycles. The second-order valence-electron chi connectivity index (χ2n) is 7.24. The van der Waals surface area contributed by atoms with Crippen LogP contribution >= 0.6 is 24.8 Å². The molecule has 3 rings (SSSR count). The van der Waals surface area contributed by atoms with Crippen LogP contribution in [0.5, 0.6) is 0 Å². The average molecular weight is 426 g/mol. The van der Waals surface area contributed by atoms with Gasteiger partial charge in [0, 0.05) is 24.2 Å². The maximum absolute atomic E-state index is 12.8. The van der Waals surface area contributed by atoms with Crippen molar-refractivity contribution >= 4 is 46.2 Å². The first-order valence-electron chi connectivity index (χ1n) is 7.96. The first-order chi connectivity index (χ1) is 11.1. The SMILES string of the molecule is CC1(C)C2OCCCC2C1(N)C(=O)Nc1ccc(S(C)(=O)=O)nc1.Cl.Cl. The van der Waals surface area contributed by atoms with E-state index in [-0.39, 0.29) is 47.8 Å². The van der Waals surface area contributed by atoms with Crippen LogP contribution in [0.15, 0.2) is 23.4 Å². The van der Waals surface area contributed by atoms with Crippen molar-refractivity contribution in [2.75, 3.05) is 18.2 Å². The minimum Gasteiger partial charge on any atom is -0.377 e. The Morgan fingerprint density at radius 1 is 1.35 bits per heavy atom. The van der Waals surface area contributed by atoms with Gasteiger partial charge in [0.15, 0.2) is 14.9 Å². The summed E-state index contributed by atoms with van der Waals surface area (Å²) < 4.78 is 28.7. The Bertz CT molecular complexity index is 770. The van der Waals surface area contributed by atoms with E-state index in [0.29, 0.717) is 12.3 Å². The maximum Gasteiger partial charge on any atom is 0.245 e. The predicted octanol–water partition coefficient (Wildman–Crippen LogP) is 1.80. The Morgan fingerprint density at radius 2 is 2.00 bits per heavy atom. The Kier molecular flexibility index (Phi) is 6.75. The lowest BCUT2D eigenvalue weighted by Crippen LogP contribution is -2.81. The molecule has 0 spiro atoms. The third kappa shape index (κ3) is 3.45. The molecule has 1 aromatic rings. The standard InChI is InChI=1S/C16H23N3O4S.2ClH/c1-15(2)13-11(5-4-8-23-13)16(15,17)14(20)19-10-6-7-12(18-9-10)24(3,21)22;;/h6-7,9,11,13H,4-5,8,17H2,1-3H3,(H,19,20);2*1H. The van der Waals surface area contributed by atoms with Crippen molar-refractivity contribution < 1.29 is 17.9 Å². The number of pyridine rings is 1. The van der Waals surface area contributed by atoms with E-state index in [4.69, 9.17) is 10.5 Å². The highest BCUT2D eigenvalue weighted by molar-refractivity contribution is 7.90. The topological polar surface area (TPSA) is 111 Å². The zero-order valence-corrected chi connectivity index (χ0v) is 17.3. The smallest absolute Gasteiger partial charge is 0.245 e.